The van der Waals surface area contributed by atoms with Crippen molar-refractivity contribution in [3.05, 3.63) is 65.7 Å². The van der Waals surface area contributed by atoms with E-state index in [0.717, 1.165) is 28.3 Å². The number of rotatable bonds is 6. The van der Waals surface area contributed by atoms with Crippen LogP contribution in [0.25, 0.3) is 0 Å². The largest absolute Gasteiger partial charge is 0.325 e. The molecule has 0 fully saturated rings. The van der Waals surface area contributed by atoms with E-state index in [1.807, 2.05) is 0 Å². The molecule has 8 heteroatoms. The number of benzene rings is 2. The summed E-state index contributed by atoms with van der Waals surface area (Å²) in [7, 11) is -3.63. The maximum Gasteiger partial charge on any atom is 0.239 e. The van der Waals surface area contributed by atoms with E-state index in [0.29, 0.717) is 0 Å². The van der Waals surface area contributed by atoms with Gasteiger partial charge in [0.25, 0.3) is 0 Å². The summed E-state index contributed by atoms with van der Waals surface area (Å²) in [5.41, 5.74) is 0.774. The van der Waals surface area contributed by atoms with E-state index in [1.54, 1.807) is 30.3 Å². The molecule has 0 atom stereocenters. The lowest BCUT2D eigenvalue weighted by Gasteiger charge is -2.19. The zero-order chi connectivity index (χ0) is 17.7. The number of sulfonamides is 1. The maximum atomic E-state index is 13.1. The molecule has 0 radical (unpaired) electrons. The van der Waals surface area contributed by atoms with Gasteiger partial charge in [0.05, 0.1) is 12.8 Å². The summed E-state index contributed by atoms with van der Waals surface area (Å²) in [5.74, 6) is -2.78. The topological polar surface area (TPSA) is 66.5 Å². The fourth-order valence-corrected chi connectivity index (χ4v) is 2.75. The third kappa shape index (κ3) is 5.10. The third-order valence-corrected chi connectivity index (χ3v) is 4.39. The minimum atomic E-state index is -3.63. The van der Waals surface area contributed by atoms with Crippen LogP contribution in [0.2, 0.25) is 0 Å². The van der Waals surface area contributed by atoms with Crippen LogP contribution in [0.15, 0.2) is 48.5 Å². The highest BCUT2D eigenvalue weighted by Gasteiger charge is 2.20. The van der Waals surface area contributed by atoms with Gasteiger partial charge in [0.1, 0.15) is 0 Å². The molecular formula is C16H16F2N2O3S. The van der Waals surface area contributed by atoms with Crippen LogP contribution >= 0.6 is 0 Å². The van der Waals surface area contributed by atoms with Crippen molar-refractivity contribution in [3.8, 4) is 0 Å². The molecule has 2 aromatic carbocycles. The zero-order valence-electron chi connectivity index (χ0n) is 12.9. The van der Waals surface area contributed by atoms with Crippen molar-refractivity contribution < 1.29 is 22.0 Å². The van der Waals surface area contributed by atoms with Crippen molar-refractivity contribution in [1.29, 1.82) is 0 Å². The molecule has 0 bridgehead atoms. The predicted octanol–water partition coefficient (Wildman–Crippen LogP) is 2.37. The monoisotopic (exact) mass is 354 g/mol. The van der Waals surface area contributed by atoms with Crippen molar-refractivity contribution in [3.63, 3.8) is 0 Å². The number of nitrogens with one attached hydrogen (secondary N) is 1. The van der Waals surface area contributed by atoms with Crippen LogP contribution in [0.4, 0.5) is 14.5 Å². The van der Waals surface area contributed by atoms with Gasteiger partial charge in [0.2, 0.25) is 15.9 Å². The summed E-state index contributed by atoms with van der Waals surface area (Å²) in [4.78, 5) is 12.0. The first-order valence-corrected chi connectivity index (χ1v) is 8.84. The molecule has 0 spiro atoms. The quantitative estimate of drug-likeness (QED) is 0.866. The molecule has 2 aromatic rings. The van der Waals surface area contributed by atoms with Crippen molar-refractivity contribution >= 4 is 21.6 Å². The molecule has 0 aliphatic heterocycles. The fraction of sp³-hybridized carbons (Fsp3) is 0.188. The van der Waals surface area contributed by atoms with Gasteiger partial charge in [-0.2, -0.15) is 4.31 Å². The zero-order valence-corrected chi connectivity index (χ0v) is 13.7. The Balaban J connectivity index is 2.08. The summed E-state index contributed by atoms with van der Waals surface area (Å²) in [6.45, 7) is -0.405. The van der Waals surface area contributed by atoms with E-state index >= 15 is 0 Å². The fourth-order valence-electron chi connectivity index (χ4n) is 2.01. The van der Waals surface area contributed by atoms with Gasteiger partial charge in [-0.25, -0.2) is 17.2 Å². The molecule has 1 amide bonds. The molecule has 2 rings (SSSR count). The molecule has 24 heavy (non-hydrogen) atoms. The Labute approximate surface area is 139 Å². The van der Waals surface area contributed by atoms with Gasteiger partial charge in [-0.3, -0.25) is 4.79 Å². The number of anilines is 1. The second-order valence-electron chi connectivity index (χ2n) is 5.19. The Bertz CT molecular complexity index is 826. The third-order valence-electron chi connectivity index (χ3n) is 3.19. The Morgan fingerprint density at radius 1 is 1.08 bits per heavy atom. The summed E-state index contributed by atoms with van der Waals surface area (Å²) >= 11 is 0. The summed E-state index contributed by atoms with van der Waals surface area (Å²) in [6, 6.07) is 11.7. The first-order valence-electron chi connectivity index (χ1n) is 6.99. The van der Waals surface area contributed by atoms with Crippen LogP contribution in [0.3, 0.4) is 0 Å². The van der Waals surface area contributed by atoms with Gasteiger partial charge in [0, 0.05) is 18.3 Å². The number of hydrogen-bond donors (Lipinski definition) is 1. The van der Waals surface area contributed by atoms with Crippen LogP contribution in [0.1, 0.15) is 5.56 Å². The number of amides is 1. The molecule has 0 heterocycles. The van der Waals surface area contributed by atoms with E-state index in [9.17, 15) is 22.0 Å². The Hall–Kier alpha value is -2.32. The van der Waals surface area contributed by atoms with E-state index in [2.05, 4.69) is 5.32 Å². The van der Waals surface area contributed by atoms with E-state index in [4.69, 9.17) is 0 Å². The predicted molar refractivity (Wildman–Crippen MR) is 86.7 cm³/mol. The summed E-state index contributed by atoms with van der Waals surface area (Å²) in [5, 5.41) is 2.35. The van der Waals surface area contributed by atoms with Crippen LogP contribution in [0.5, 0.6) is 0 Å². The van der Waals surface area contributed by atoms with Crippen LogP contribution in [-0.4, -0.2) is 31.4 Å². The smallest absolute Gasteiger partial charge is 0.239 e. The van der Waals surface area contributed by atoms with Crippen molar-refractivity contribution in [1.82, 2.24) is 4.31 Å². The Morgan fingerprint density at radius 2 is 1.75 bits per heavy atom. The second-order valence-corrected chi connectivity index (χ2v) is 7.18. The highest BCUT2D eigenvalue weighted by Crippen LogP contribution is 2.14. The molecule has 0 saturated carbocycles. The number of carbonyl (C=O) groups is 1. The van der Waals surface area contributed by atoms with Gasteiger partial charge in [-0.05, 0) is 17.7 Å². The minimum Gasteiger partial charge on any atom is -0.325 e. The SMILES string of the molecule is CS(=O)(=O)N(CC(=O)Nc1ccc(F)c(F)c1)Cc1ccccc1. The average Bonchev–Trinajstić information content (AvgIpc) is 2.50. The van der Waals surface area contributed by atoms with E-state index in [1.165, 1.54) is 6.07 Å². The molecule has 5 nitrogen and oxygen atoms in total. The molecule has 0 aliphatic rings. The number of carbonyl (C=O) groups excluding carboxylic acids is 1. The average molecular weight is 354 g/mol. The number of hydrogen-bond acceptors (Lipinski definition) is 3. The van der Waals surface area contributed by atoms with Gasteiger partial charge in [0.15, 0.2) is 11.6 Å². The highest BCUT2D eigenvalue weighted by molar-refractivity contribution is 7.88. The van der Waals surface area contributed by atoms with E-state index in [-0.39, 0.29) is 12.2 Å². The van der Waals surface area contributed by atoms with Gasteiger partial charge in [-0.1, -0.05) is 30.3 Å². The summed E-state index contributed by atoms with van der Waals surface area (Å²) in [6.07, 6.45) is 1.00. The van der Waals surface area contributed by atoms with Crippen molar-refractivity contribution in [2.24, 2.45) is 0 Å². The molecular weight excluding hydrogens is 338 g/mol. The van der Waals surface area contributed by atoms with Crippen LogP contribution in [-0.2, 0) is 21.4 Å². The van der Waals surface area contributed by atoms with Crippen molar-refractivity contribution in [2.45, 2.75) is 6.54 Å². The molecule has 128 valence electrons. The lowest BCUT2D eigenvalue weighted by atomic mass is 10.2. The van der Waals surface area contributed by atoms with Gasteiger partial charge >= 0.3 is 0 Å². The lowest BCUT2D eigenvalue weighted by Crippen LogP contribution is -2.36. The van der Waals surface area contributed by atoms with Gasteiger partial charge in [-0.15, -0.1) is 0 Å². The lowest BCUT2D eigenvalue weighted by molar-refractivity contribution is -0.116. The van der Waals surface area contributed by atoms with E-state index < -0.39 is 34.1 Å². The Morgan fingerprint density at radius 3 is 2.33 bits per heavy atom. The minimum absolute atomic E-state index is 0.0326. The highest BCUT2D eigenvalue weighted by atomic mass is 32.2. The maximum absolute atomic E-state index is 13.1. The second kappa shape index (κ2) is 7.50. The first-order chi connectivity index (χ1) is 11.3. The number of halogens is 2. The van der Waals surface area contributed by atoms with Crippen molar-refractivity contribution in [2.75, 3.05) is 18.1 Å². The van der Waals surface area contributed by atoms with Crippen LogP contribution in [0, 0.1) is 11.6 Å². The van der Waals surface area contributed by atoms with Gasteiger partial charge < -0.3 is 5.32 Å². The first kappa shape index (κ1) is 18.0. The number of nitrogens with zero attached hydrogens (tertiary/aromatic N) is 1. The standard InChI is InChI=1S/C16H16F2N2O3S/c1-24(22,23)20(10-12-5-3-2-4-6-12)11-16(21)19-13-7-8-14(17)15(18)9-13/h2-9H,10-11H2,1H3,(H,19,21). The Kier molecular flexibility index (Phi) is 5.63. The molecule has 0 aromatic heterocycles. The molecule has 0 aliphatic carbocycles. The normalized spacial score (nSPS) is 11.5. The molecule has 0 saturated heterocycles. The molecule has 1 N–H and O–H groups in total. The molecule has 0 unspecified atom stereocenters. The van der Waals surface area contributed by atoms with Crippen LogP contribution < -0.4 is 5.32 Å². The summed E-state index contributed by atoms with van der Waals surface area (Å²) < 4.78 is 50.7.